The zero-order valence-electron chi connectivity index (χ0n) is 11.1. The van der Waals surface area contributed by atoms with E-state index in [0.717, 1.165) is 25.7 Å². The van der Waals surface area contributed by atoms with Gasteiger partial charge in [-0.2, -0.15) is 5.26 Å². The standard InChI is InChI=1S/C14H17N3O3/c15-8-10-4-5-14(17(19)20)13(7-10)16-9-11-2-1-3-12(18)6-11/h4-5,7,11-12,16,18H,1-3,6,9H2. The first-order chi connectivity index (χ1) is 9.60. The van der Waals surface area contributed by atoms with Crippen molar-refractivity contribution in [3.8, 4) is 6.07 Å². The fourth-order valence-electron chi connectivity index (χ4n) is 2.61. The lowest BCUT2D eigenvalue weighted by Gasteiger charge is -2.26. The van der Waals surface area contributed by atoms with Gasteiger partial charge in [0.2, 0.25) is 0 Å². The van der Waals surface area contributed by atoms with Crippen LogP contribution in [0.1, 0.15) is 31.2 Å². The van der Waals surface area contributed by atoms with Crippen molar-refractivity contribution < 1.29 is 10.0 Å². The molecule has 2 unspecified atom stereocenters. The van der Waals surface area contributed by atoms with Crippen LogP contribution in [0.25, 0.3) is 0 Å². The number of aliphatic hydroxyl groups excluding tert-OH is 1. The SMILES string of the molecule is N#Cc1ccc([N+](=O)[O-])c(NCC2CCCC(O)C2)c1. The molecule has 0 heterocycles. The predicted octanol–water partition coefficient (Wildman–Crippen LogP) is 2.43. The first-order valence-corrected chi connectivity index (χ1v) is 6.70. The Hall–Kier alpha value is -2.13. The van der Waals surface area contributed by atoms with Gasteiger partial charge < -0.3 is 10.4 Å². The van der Waals surface area contributed by atoms with E-state index in [2.05, 4.69) is 5.32 Å². The van der Waals surface area contributed by atoms with Crippen molar-refractivity contribution in [3.63, 3.8) is 0 Å². The van der Waals surface area contributed by atoms with Gasteiger partial charge in [-0.25, -0.2) is 0 Å². The molecule has 6 heteroatoms. The van der Waals surface area contributed by atoms with E-state index in [4.69, 9.17) is 5.26 Å². The first-order valence-electron chi connectivity index (χ1n) is 6.70. The van der Waals surface area contributed by atoms with E-state index in [-0.39, 0.29) is 11.8 Å². The van der Waals surface area contributed by atoms with Gasteiger partial charge in [0.15, 0.2) is 0 Å². The summed E-state index contributed by atoms with van der Waals surface area (Å²) in [6.07, 6.45) is 3.28. The van der Waals surface area contributed by atoms with Crippen LogP contribution < -0.4 is 5.32 Å². The molecule has 20 heavy (non-hydrogen) atoms. The minimum atomic E-state index is -0.459. The van der Waals surface area contributed by atoms with Crippen molar-refractivity contribution in [2.24, 2.45) is 5.92 Å². The molecular formula is C14H17N3O3. The lowest BCUT2D eigenvalue weighted by Crippen LogP contribution is -2.25. The Morgan fingerprint density at radius 1 is 1.50 bits per heavy atom. The van der Waals surface area contributed by atoms with E-state index in [1.165, 1.54) is 18.2 Å². The summed E-state index contributed by atoms with van der Waals surface area (Å²) in [5, 5.41) is 32.5. The minimum absolute atomic E-state index is 0.0274. The van der Waals surface area contributed by atoms with Crippen molar-refractivity contribution in [2.45, 2.75) is 31.8 Å². The van der Waals surface area contributed by atoms with E-state index < -0.39 is 4.92 Å². The highest BCUT2D eigenvalue weighted by Crippen LogP contribution is 2.28. The van der Waals surface area contributed by atoms with Gasteiger partial charge in [-0.15, -0.1) is 0 Å². The normalized spacial score (nSPS) is 22.0. The molecule has 1 fully saturated rings. The lowest BCUT2D eigenvalue weighted by atomic mass is 9.87. The number of nitrogens with one attached hydrogen (secondary N) is 1. The quantitative estimate of drug-likeness (QED) is 0.649. The zero-order valence-corrected chi connectivity index (χ0v) is 11.1. The molecule has 106 valence electrons. The van der Waals surface area contributed by atoms with Gasteiger partial charge >= 0.3 is 0 Å². The van der Waals surface area contributed by atoms with Gasteiger partial charge in [0.1, 0.15) is 5.69 Å². The molecule has 0 aromatic heterocycles. The number of hydrogen-bond acceptors (Lipinski definition) is 5. The number of rotatable bonds is 4. The molecular weight excluding hydrogens is 258 g/mol. The maximum Gasteiger partial charge on any atom is 0.292 e. The number of benzene rings is 1. The van der Waals surface area contributed by atoms with Gasteiger partial charge in [0.05, 0.1) is 22.7 Å². The summed E-state index contributed by atoms with van der Waals surface area (Å²) in [7, 11) is 0. The Morgan fingerprint density at radius 2 is 2.30 bits per heavy atom. The number of nitro benzene ring substituents is 1. The van der Waals surface area contributed by atoms with Gasteiger partial charge in [-0.1, -0.05) is 6.42 Å². The van der Waals surface area contributed by atoms with Crippen molar-refractivity contribution >= 4 is 11.4 Å². The average molecular weight is 275 g/mol. The van der Waals surface area contributed by atoms with Gasteiger partial charge in [-0.3, -0.25) is 10.1 Å². The molecule has 0 aliphatic heterocycles. The zero-order chi connectivity index (χ0) is 14.5. The Kier molecular flexibility index (Phi) is 4.53. The van der Waals surface area contributed by atoms with E-state index >= 15 is 0 Å². The highest BCUT2D eigenvalue weighted by atomic mass is 16.6. The molecule has 1 aliphatic rings. The number of nitrogens with zero attached hydrogens (tertiary/aromatic N) is 2. The third-order valence-electron chi connectivity index (χ3n) is 3.66. The van der Waals surface area contributed by atoms with Crippen molar-refractivity contribution in [3.05, 3.63) is 33.9 Å². The number of nitriles is 1. The second-order valence-electron chi connectivity index (χ2n) is 5.17. The molecule has 0 radical (unpaired) electrons. The number of aliphatic hydroxyl groups is 1. The third kappa shape index (κ3) is 3.45. The predicted molar refractivity (Wildman–Crippen MR) is 74.3 cm³/mol. The summed E-state index contributed by atoms with van der Waals surface area (Å²) >= 11 is 0. The maximum absolute atomic E-state index is 11.0. The van der Waals surface area contributed by atoms with Crippen LogP contribution in [0.4, 0.5) is 11.4 Å². The Morgan fingerprint density at radius 3 is 2.95 bits per heavy atom. The summed E-state index contributed by atoms with van der Waals surface area (Å²) in [5.74, 6) is 0.309. The van der Waals surface area contributed by atoms with Gasteiger partial charge in [0.25, 0.3) is 5.69 Å². The second kappa shape index (κ2) is 6.35. The van der Waals surface area contributed by atoms with Crippen LogP contribution in [0.5, 0.6) is 0 Å². The molecule has 6 nitrogen and oxygen atoms in total. The summed E-state index contributed by atoms with van der Waals surface area (Å²) in [6, 6.07) is 6.26. The molecule has 0 amide bonds. The summed E-state index contributed by atoms with van der Waals surface area (Å²) in [5.41, 5.74) is 0.733. The van der Waals surface area contributed by atoms with E-state index in [1.54, 1.807) is 0 Å². The van der Waals surface area contributed by atoms with E-state index in [9.17, 15) is 15.2 Å². The molecule has 2 rings (SSSR count). The van der Waals surface area contributed by atoms with Crippen molar-refractivity contribution in [2.75, 3.05) is 11.9 Å². The molecule has 0 spiro atoms. The van der Waals surface area contributed by atoms with Crippen molar-refractivity contribution in [1.82, 2.24) is 0 Å². The molecule has 0 bridgehead atoms. The van der Waals surface area contributed by atoms with Gasteiger partial charge in [0, 0.05) is 12.6 Å². The van der Waals surface area contributed by atoms with Gasteiger partial charge in [-0.05, 0) is 37.3 Å². The monoisotopic (exact) mass is 275 g/mol. The van der Waals surface area contributed by atoms with Crippen molar-refractivity contribution in [1.29, 1.82) is 5.26 Å². The fourth-order valence-corrected chi connectivity index (χ4v) is 2.61. The maximum atomic E-state index is 11.0. The number of anilines is 1. The van der Waals surface area contributed by atoms with Crippen LogP contribution in [0.15, 0.2) is 18.2 Å². The highest BCUT2D eigenvalue weighted by Gasteiger charge is 2.21. The molecule has 1 saturated carbocycles. The van der Waals surface area contributed by atoms with Crippen LogP contribution in [0.3, 0.4) is 0 Å². The fraction of sp³-hybridized carbons (Fsp3) is 0.500. The molecule has 2 atom stereocenters. The highest BCUT2D eigenvalue weighted by molar-refractivity contribution is 5.64. The Labute approximate surface area is 117 Å². The van der Waals surface area contributed by atoms with E-state index in [0.29, 0.717) is 23.7 Å². The summed E-state index contributed by atoms with van der Waals surface area (Å²) in [4.78, 5) is 10.5. The lowest BCUT2D eigenvalue weighted by molar-refractivity contribution is -0.384. The van der Waals surface area contributed by atoms with Crippen LogP contribution in [0.2, 0.25) is 0 Å². The molecule has 1 aromatic rings. The molecule has 2 N–H and O–H groups in total. The number of hydrogen-bond donors (Lipinski definition) is 2. The average Bonchev–Trinajstić information content (AvgIpc) is 2.44. The second-order valence-corrected chi connectivity index (χ2v) is 5.17. The smallest absolute Gasteiger partial charge is 0.292 e. The summed E-state index contributed by atoms with van der Waals surface area (Å²) in [6.45, 7) is 0.576. The van der Waals surface area contributed by atoms with E-state index in [1.807, 2.05) is 6.07 Å². The first kappa shape index (κ1) is 14.3. The Bertz CT molecular complexity index is 539. The molecule has 1 aliphatic carbocycles. The largest absolute Gasteiger partial charge is 0.393 e. The van der Waals surface area contributed by atoms with Crippen LogP contribution in [-0.4, -0.2) is 22.7 Å². The number of nitro groups is 1. The van der Waals surface area contributed by atoms with Crippen LogP contribution >= 0.6 is 0 Å². The van der Waals surface area contributed by atoms with Crippen LogP contribution in [0, 0.1) is 27.4 Å². The minimum Gasteiger partial charge on any atom is -0.393 e. The molecule has 0 saturated heterocycles. The third-order valence-corrected chi connectivity index (χ3v) is 3.66. The topological polar surface area (TPSA) is 99.2 Å². The molecule has 1 aromatic carbocycles. The Balaban J connectivity index is 2.07. The van der Waals surface area contributed by atoms with Crippen LogP contribution in [-0.2, 0) is 0 Å². The summed E-state index contributed by atoms with van der Waals surface area (Å²) < 4.78 is 0.